The van der Waals surface area contributed by atoms with Gasteiger partial charge in [0.1, 0.15) is 0 Å². The summed E-state index contributed by atoms with van der Waals surface area (Å²) >= 11 is 7.98. The fourth-order valence-corrected chi connectivity index (χ4v) is 3.25. The minimum Gasteiger partial charge on any atom is -0.383 e. The normalized spacial score (nSPS) is 12.8. The molecule has 1 atom stereocenters. The number of nitrogens with zero attached hydrogens (tertiary/aromatic N) is 3. The fourth-order valence-electron chi connectivity index (χ4n) is 2.12. The van der Waals surface area contributed by atoms with Crippen molar-refractivity contribution in [3.05, 3.63) is 33.0 Å². The first-order valence-electron chi connectivity index (χ1n) is 6.52. The maximum absolute atomic E-state index is 6.34. The van der Waals surface area contributed by atoms with Crippen molar-refractivity contribution in [2.24, 2.45) is 0 Å². The van der Waals surface area contributed by atoms with Crippen LogP contribution in [0.1, 0.15) is 29.2 Å². The van der Waals surface area contributed by atoms with Gasteiger partial charge in [0.15, 0.2) is 0 Å². The number of halogens is 1. The Morgan fingerprint density at radius 2 is 2.35 bits per heavy atom. The zero-order chi connectivity index (χ0) is 14.5. The van der Waals surface area contributed by atoms with Crippen LogP contribution in [0.2, 0.25) is 5.02 Å². The van der Waals surface area contributed by atoms with Gasteiger partial charge in [-0.15, -0.1) is 11.3 Å². The molecular formula is C13H19ClN4OS. The number of aryl methyl sites for hydroxylation is 1. The first kappa shape index (κ1) is 15.4. The van der Waals surface area contributed by atoms with E-state index in [1.165, 1.54) is 4.88 Å². The van der Waals surface area contributed by atoms with Gasteiger partial charge in [-0.3, -0.25) is 4.68 Å². The Hall–Kier alpha value is -0.950. The molecule has 0 aliphatic rings. The number of thiazole rings is 1. The van der Waals surface area contributed by atoms with Gasteiger partial charge in [-0.2, -0.15) is 5.10 Å². The number of hydrogen-bond acceptors (Lipinski definition) is 5. The number of nitrogens with one attached hydrogen (secondary N) is 1. The lowest BCUT2D eigenvalue weighted by molar-refractivity contribution is 0.182. The molecule has 0 spiro atoms. The Morgan fingerprint density at radius 3 is 2.95 bits per heavy atom. The predicted molar refractivity (Wildman–Crippen MR) is 81.5 cm³/mol. The van der Waals surface area contributed by atoms with Crippen molar-refractivity contribution >= 4 is 22.9 Å². The van der Waals surface area contributed by atoms with Crippen LogP contribution in [0.15, 0.2) is 11.7 Å². The van der Waals surface area contributed by atoms with Gasteiger partial charge in [0, 0.05) is 7.11 Å². The number of hydrogen-bond donors (Lipinski definition) is 1. The second kappa shape index (κ2) is 7.17. The van der Waals surface area contributed by atoms with E-state index in [1.54, 1.807) is 24.6 Å². The molecule has 0 aliphatic carbocycles. The lowest BCUT2D eigenvalue weighted by Gasteiger charge is -2.19. The molecule has 2 aromatic rings. The molecule has 2 aromatic heterocycles. The smallest absolute Gasteiger partial charge is 0.0875 e. The molecular weight excluding hydrogens is 296 g/mol. The Morgan fingerprint density at radius 1 is 1.55 bits per heavy atom. The topological polar surface area (TPSA) is 52.0 Å². The molecule has 1 unspecified atom stereocenters. The van der Waals surface area contributed by atoms with Crippen molar-refractivity contribution < 1.29 is 4.74 Å². The van der Waals surface area contributed by atoms with E-state index in [-0.39, 0.29) is 6.04 Å². The highest BCUT2D eigenvalue weighted by Gasteiger charge is 2.24. The summed E-state index contributed by atoms with van der Waals surface area (Å²) in [5, 5.41) is 8.48. The lowest BCUT2D eigenvalue weighted by Crippen LogP contribution is -2.25. The molecule has 2 rings (SSSR count). The van der Waals surface area contributed by atoms with E-state index in [0.717, 1.165) is 17.9 Å². The molecule has 0 bridgehead atoms. The minimum absolute atomic E-state index is 0.0133. The van der Waals surface area contributed by atoms with Crippen molar-refractivity contribution in [3.63, 3.8) is 0 Å². The minimum atomic E-state index is 0.0133. The summed E-state index contributed by atoms with van der Waals surface area (Å²) in [4.78, 5) is 5.51. The summed E-state index contributed by atoms with van der Waals surface area (Å²) in [6.45, 7) is 6.21. The second-order valence-electron chi connectivity index (χ2n) is 4.39. The van der Waals surface area contributed by atoms with Crippen molar-refractivity contribution in [1.29, 1.82) is 0 Å². The largest absolute Gasteiger partial charge is 0.383 e. The van der Waals surface area contributed by atoms with Crippen molar-refractivity contribution in [3.8, 4) is 0 Å². The molecule has 0 radical (unpaired) electrons. The first-order valence-corrected chi connectivity index (χ1v) is 7.78. The van der Waals surface area contributed by atoms with Crippen LogP contribution in [0.5, 0.6) is 0 Å². The Bertz CT molecular complexity index is 554. The third-order valence-corrected chi connectivity index (χ3v) is 4.35. The number of aromatic nitrogens is 3. The van der Waals surface area contributed by atoms with E-state index in [0.29, 0.717) is 18.2 Å². The predicted octanol–water partition coefficient (Wildman–Crippen LogP) is 2.65. The van der Waals surface area contributed by atoms with Gasteiger partial charge < -0.3 is 10.1 Å². The summed E-state index contributed by atoms with van der Waals surface area (Å²) in [5.74, 6) is 0. The summed E-state index contributed by atoms with van der Waals surface area (Å²) in [6.07, 6.45) is 1.69. The average Bonchev–Trinajstić information content (AvgIpc) is 3.01. The second-order valence-corrected chi connectivity index (χ2v) is 5.68. The van der Waals surface area contributed by atoms with Crippen LogP contribution in [0.25, 0.3) is 0 Å². The van der Waals surface area contributed by atoms with Gasteiger partial charge in [-0.25, -0.2) is 4.98 Å². The first-order chi connectivity index (χ1) is 9.69. The van der Waals surface area contributed by atoms with Crippen LogP contribution in [0.4, 0.5) is 0 Å². The van der Waals surface area contributed by atoms with Crippen molar-refractivity contribution in [2.45, 2.75) is 26.4 Å². The van der Waals surface area contributed by atoms with Gasteiger partial charge >= 0.3 is 0 Å². The van der Waals surface area contributed by atoms with E-state index in [1.807, 2.05) is 17.1 Å². The van der Waals surface area contributed by atoms with E-state index in [2.05, 4.69) is 22.3 Å². The summed E-state index contributed by atoms with van der Waals surface area (Å²) in [7, 11) is 1.68. The van der Waals surface area contributed by atoms with Gasteiger partial charge in [0.2, 0.25) is 0 Å². The number of rotatable bonds is 7. The zero-order valence-corrected chi connectivity index (χ0v) is 13.5. The Balaban J connectivity index is 2.39. The quantitative estimate of drug-likeness (QED) is 0.853. The van der Waals surface area contributed by atoms with Crippen molar-refractivity contribution in [2.75, 3.05) is 20.3 Å². The van der Waals surface area contributed by atoms with Gasteiger partial charge in [-0.1, -0.05) is 18.5 Å². The third-order valence-electron chi connectivity index (χ3n) is 3.07. The molecule has 20 heavy (non-hydrogen) atoms. The van der Waals surface area contributed by atoms with E-state index in [4.69, 9.17) is 16.3 Å². The van der Waals surface area contributed by atoms with Crippen LogP contribution >= 0.6 is 22.9 Å². The lowest BCUT2D eigenvalue weighted by atomic mass is 10.1. The van der Waals surface area contributed by atoms with Gasteiger partial charge in [0.25, 0.3) is 0 Å². The molecule has 7 heteroatoms. The molecule has 0 aromatic carbocycles. The third kappa shape index (κ3) is 3.20. The molecule has 0 saturated heterocycles. The highest BCUT2D eigenvalue weighted by molar-refractivity contribution is 7.09. The number of methoxy groups -OCH3 is 1. The molecule has 0 amide bonds. The standard InChI is InChI=1S/C13H19ClN4OS/c1-4-15-11(13-9(2)16-8-20-13)12-10(14)7-17-18(12)5-6-19-3/h7-8,11,15H,4-6H2,1-3H3. The monoisotopic (exact) mass is 314 g/mol. The number of ether oxygens (including phenoxy) is 1. The summed E-state index contributed by atoms with van der Waals surface area (Å²) < 4.78 is 7.03. The maximum atomic E-state index is 6.34. The van der Waals surface area contributed by atoms with Crippen molar-refractivity contribution in [1.82, 2.24) is 20.1 Å². The molecule has 0 fully saturated rings. The highest BCUT2D eigenvalue weighted by atomic mass is 35.5. The molecule has 0 saturated carbocycles. The van der Waals surface area contributed by atoms with Gasteiger partial charge in [-0.05, 0) is 13.5 Å². The maximum Gasteiger partial charge on any atom is 0.0875 e. The van der Waals surface area contributed by atoms with Crippen LogP contribution in [-0.2, 0) is 11.3 Å². The zero-order valence-electron chi connectivity index (χ0n) is 11.9. The molecule has 5 nitrogen and oxygen atoms in total. The summed E-state index contributed by atoms with van der Waals surface area (Å²) in [5.41, 5.74) is 3.85. The van der Waals surface area contributed by atoms with E-state index < -0.39 is 0 Å². The fraction of sp³-hybridized carbons (Fsp3) is 0.538. The average molecular weight is 315 g/mol. The van der Waals surface area contributed by atoms with Crippen LogP contribution in [0, 0.1) is 6.92 Å². The highest BCUT2D eigenvalue weighted by Crippen LogP contribution is 2.32. The van der Waals surface area contributed by atoms with Gasteiger partial charge in [0.05, 0.1) is 52.2 Å². The summed E-state index contributed by atoms with van der Waals surface area (Å²) in [6, 6.07) is 0.0133. The Kier molecular flexibility index (Phi) is 5.54. The molecule has 1 N–H and O–H groups in total. The van der Waals surface area contributed by atoms with Crippen LogP contribution < -0.4 is 5.32 Å². The van der Waals surface area contributed by atoms with Crippen LogP contribution in [-0.4, -0.2) is 35.0 Å². The van der Waals surface area contributed by atoms with E-state index >= 15 is 0 Å². The Labute approximate surface area is 127 Å². The van der Waals surface area contributed by atoms with Crippen LogP contribution in [0.3, 0.4) is 0 Å². The SMILES string of the molecule is CCNC(c1scnc1C)c1c(Cl)cnn1CCOC. The van der Waals surface area contributed by atoms with E-state index in [9.17, 15) is 0 Å². The molecule has 110 valence electrons. The molecule has 2 heterocycles. The molecule has 0 aliphatic heterocycles.